The number of hydrogen-bond donors (Lipinski definition) is 3. The number of aliphatic hydroxyl groups is 1. The Morgan fingerprint density at radius 2 is 2.41 bits per heavy atom. The van der Waals surface area contributed by atoms with Gasteiger partial charge in [-0.15, -0.1) is 0 Å². The summed E-state index contributed by atoms with van der Waals surface area (Å²) in [5.74, 6) is -0.0541. The zero-order valence-corrected chi connectivity index (χ0v) is 10.9. The molecule has 1 aliphatic rings. The average Bonchev–Trinajstić information content (AvgIpc) is 2.73. The third kappa shape index (κ3) is 3.52. The summed E-state index contributed by atoms with van der Waals surface area (Å²) in [5, 5.41) is 15.2. The summed E-state index contributed by atoms with van der Waals surface area (Å²) < 4.78 is 0.999. The number of rotatable bonds is 3. The standard InChI is InChI=1S/C12H15BrN2O2/c13-9-3-1-2-8(4-9)6-15-12(17)11-5-10(16)7-14-11/h1-4,10-11,14,16H,5-7H2,(H,15,17)/t10-,11+/m1/s1. The Labute approximate surface area is 109 Å². The van der Waals surface area contributed by atoms with E-state index in [9.17, 15) is 9.90 Å². The largest absolute Gasteiger partial charge is 0.392 e. The first kappa shape index (κ1) is 12.5. The van der Waals surface area contributed by atoms with Crippen LogP contribution in [0.5, 0.6) is 0 Å². The van der Waals surface area contributed by atoms with E-state index in [0.717, 1.165) is 10.0 Å². The van der Waals surface area contributed by atoms with Crippen molar-refractivity contribution in [3.05, 3.63) is 34.3 Å². The lowest BCUT2D eigenvalue weighted by atomic mass is 10.2. The van der Waals surface area contributed by atoms with Gasteiger partial charge in [0.05, 0.1) is 12.1 Å². The van der Waals surface area contributed by atoms with E-state index in [1.807, 2.05) is 24.3 Å². The highest BCUT2D eigenvalue weighted by atomic mass is 79.9. The maximum atomic E-state index is 11.8. The van der Waals surface area contributed by atoms with Crippen LogP contribution in [0.2, 0.25) is 0 Å². The van der Waals surface area contributed by atoms with Crippen molar-refractivity contribution in [1.29, 1.82) is 0 Å². The quantitative estimate of drug-likeness (QED) is 0.773. The molecule has 17 heavy (non-hydrogen) atoms. The van der Waals surface area contributed by atoms with Crippen LogP contribution in [-0.2, 0) is 11.3 Å². The molecule has 1 aliphatic heterocycles. The van der Waals surface area contributed by atoms with Gasteiger partial charge < -0.3 is 15.7 Å². The molecule has 4 nitrogen and oxygen atoms in total. The molecular formula is C12H15BrN2O2. The molecule has 0 radical (unpaired) electrons. The van der Waals surface area contributed by atoms with Crippen LogP contribution in [0.15, 0.2) is 28.7 Å². The maximum Gasteiger partial charge on any atom is 0.237 e. The minimum Gasteiger partial charge on any atom is -0.392 e. The topological polar surface area (TPSA) is 61.4 Å². The number of nitrogens with one attached hydrogen (secondary N) is 2. The summed E-state index contributed by atoms with van der Waals surface area (Å²) >= 11 is 3.39. The SMILES string of the molecule is O=C(NCc1cccc(Br)c1)[C@@H]1C[C@@H](O)CN1. The van der Waals surface area contributed by atoms with Crippen molar-refractivity contribution in [3.8, 4) is 0 Å². The van der Waals surface area contributed by atoms with Crippen molar-refractivity contribution >= 4 is 21.8 Å². The van der Waals surface area contributed by atoms with Crippen LogP contribution >= 0.6 is 15.9 Å². The van der Waals surface area contributed by atoms with E-state index >= 15 is 0 Å². The van der Waals surface area contributed by atoms with Crippen LogP contribution in [0, 0.1) is 0 Å². The van der Waals surface area contributed by atoms with E-state index in [0.29, 0.717) is 19.5 Å². The van der Waals surface area contributed by atoms with E-state index in [1.165, 1.54) is 0 Å². The van der Waals surface area contributed by atoms with Crippen LogP contribution < -0.4 is 10.6 Å². The Morgan fingerprint density at radius 3 is 3.06 bits per heavy atom. The Kier molecular flexibility index (Phi) is 4.15. The van der Waals surface area contributed by atoms with Gasteiger partial charge in [-0.25, -0.2) is 0 Å². The lowest BCUT2D eigenvalue weighted by Crippen LogP contribution is -2.39. The molecule has 1 aromatic rings. The lowest BCUT2D eigenvalue weighted by Gasteiger charge is -2.11. The van der Waals surface area contributed by atoms with Gasteiger partial charge >= 0.3 is 0 Å². The zero-order chi connectivity index (χ0) is 12.3. The lowest BCUT2D eigenvalue weighted by molar-refractivity contribution is -0.123. The average molecular weight is 299 g/mol. The van der Waals surface area contributed by atoms with Gasteiger partial charge in [-0.1, -0.05) is 28.1 Å². The van der Waals surface area contributed by atoms with E-state index < -0.39 is 6.10 Å². The molecule has 1 heterocycles. The van der Waals surface area contributed by atoms with Gasteiger partial charge in [0.1, 0.15) is 0 Å². The van der Waals surface area contributed by atoms with Gasteiger partial charge in [-0.3, -0.25) is 4.79 Å². The molecule has 2 atom stereocenters. The van der Waals surface area contributed by atoms with Crippen molar-refractivity contribution in [2.75, 3.05) is 6.54 Å². The van der Waals surface area contributed by atoms with Crippen LogP contribution in [0.25, 0.3) is 0 Å². The number of β-amino-alcohol motifs (C(OH)–C–C–N with tert-alkyl or cyclic N) is 1. The van der Waals surface area contributed by atoms with Crippen molar-refractivity contribution in [1.82, 2.24) is 10.6 Å². The molecule has 0 saturated carbocycles. The molecular weight excluding hydrogens is 284 g/mol. The zero-order valence-electron chi connectivity index (χ0n) is 9.32. The highest BCUT2D eigenvalue weighted by Gasteiger charge is 2.27. The van der Waals surface area contributed by atoms with Gasteiger partial charge in [0.2, 0.25) is 5.91 Å². The number of amides is 1. The molecule has 0 unspecified atom stereocenters. The van der Waals surface area contributed by atoms with E-state index in [2.05, 4.69) is 26.6 Å². The number of carbonyl (C=O) groups is 1. The molecule has 0 spiro atoms. The summed E-state index contributed by atoms with van der Waals surface area (Å²) in [4.78, 5) is 11.8. The first-order chi connectivity index (χ1) is 8.15. The third-order valence-electron chi connectivity index (χ3n) is 2.78. The maximum absolute atomic E-state index is 11.8. The van der Waals surface area contributed by atoms with Gasteiger partial charge in [-0.2, -0.15) is 0 Å². The molecule has 2 rings (SSSR count). The molecule has 3 N–H and O–H groups in total. The first-order valence-corrected chi connectivity index (χ1v) is 6.38. The third-order valence-corrected chi connectivity index (χ3v) is 3.27. The highest BCUT2D eigenvalue weighted by molar-refractivity contribution is 9.10. The van der Waals surface area contributed by atoms with Crippen LogP contribution in [0.1, 0.15) is 12.0 Å². The summed E-state index contributed by atoms with van der Waals surface area (Å²) in [5.41, 5.74) is 1.05. The van der Waals surface area contributed by atoms with Crippen LogP contribution in [0.3, 0.4) is 0 Å². The summed E-state index contributed by atoms with van der Waals surface area (Å²) in [6.07, 6.45) is 0.0845. The number of carbonyl (C=O) groups excluding carboxylic acids is 1. The molecule has 1 fully saturated rings. The van der Waals surface area contributed by atoms with E-state index in [-0.39, 0.29) is 11.9 Å². The van der Waals surface area contributed by atoms with Gasteiger partial charge in [-0.05, 0) is 24.1 Å². The van der Waals surface area contributed by atoms with Crippen molar-refractivity contribution in [2.45, 2.75) is 25.1 Å². The Morgan fingerprint density at radius 1 is 1.59 bits per heavy atom. The molecule has 92 valence electrons. The van der Waals surface area contributed by atoms with Crippen molar-refractivity contribution in [2.24, 2.45) is 0 Å². The summed E-state index contributed by atoms with van der Waals surface area (Å²) in [6, 6.07) is 7.54. The number of benzene rings is 1. The fraction of sp³-hybridized carbons (Fsp3) is 0.417. The van der Waals surface area contributed by atoms with Gasteiger partial charge in [0, 0.05) is 17.6 Å². The second-order valence-electron chi connectivity index (χ2n) is 4.20. The normalized spacial score (nSPS) is 23.6. The Hall–Kier alpha value is -0.910. The molecule has 5 heteroatoms. The summed E-state index contributed by atoms with van der Waals surface area (Å²) in [6.45, 7) is 1.00. The Bertz CT molecular complexity index is 411. The minimum absolute atomic E-state index is 0.0541. The fourth-order valence-corrected chi connectivity index (χ4v) is 2.32. The molecule has 0 bridgehead atoms. The fourth-order valence-electron chi connectivity index (χ4n) is 1.88. The highest BCUT2D eigenvalue weighted by Crippen LogP contribution is 2.12. The van der Waals surface area contributed by atoms with Crippen LogP contribution in [0.4, 0.5) is 0 Å². The minimum atomic E-state index is -0.406. The predicted molar refractivity (Wildman–Crippen MR) is 68.4 cm³/mol. The van der Waals surface area contributed by atoms with E-state index in [4.69, 9.17) is 0 Å². The smallest absolute Gasteiger partial charge is 0.237 e. The molecule has 1 saturated heterocycles. The van der Waals surface area contributed by atoms with Gasteiger partial charge in [0.15, 0.2) is 0 Å². The molecule has 1 aromatic carbocycles. The molecule has 0 aromatic heterocycles. The first-order valence-electron chi connectivity index (χ1n) is 5.59. The van der Waals surface area contributed by atoms with Crippen LogP contribution in [-0.4, -0.2) is 29.7 Å². The number of halogens is 1. The Balaban J connectivity index is 1.84. The predicted octanol–water partition coefficient (Wildman–Crippen LogP) is 0.788. The monoisotopic (exact) mass is 298 g/mol. The summed E-state index contributed by atoms with van der Waals surface area (Å²) in [7, 11) is 0. The number of hydrogen-bond acceptors (Lipinski definition) is 3. The second-order valence-corrected chi connectivity index (χ2v) is 5.11. The van der Waals surface area contributed by atoms with Gasteiger partial charge in [0.25, 0.3) is 0 Å². The second kappa shape index (κ2) is 5.62. The van der Waals surface area contributed by atoms with E-state index in [1.54, 1.807) is 0 Å². The van der Waals surface area contributed by atoms with Crippen molar-refractivity contribution < 1.29 is 9.90 Å². The number of aliphatic hydroxyl groups excluding tert-OH is 1. The van der Waals surface area contributed by atoms with Crippen molar-refractivity contribution in [3.63, 3.8) is 0 Å². The molecule has 0 aliphatic carbocycles. The molecule has 1 amide bonds.